The molecule has 1 amide bonds. The summed E-state index contributed by atoms with van der Waals surface area (Å²) in [6, 6.07) is 21.1. The molecule has 4 rings (SSSR count). The number of hydrogen-bond acceptors (Lipinski definition) is 1. The summed E-state index contributed by atoms with van der Waals surface area (Å²) in [5.41, 5.74) is 2.21. The molecule has 0 N–H and O–H groups in total. The van der Waals surface area contributed by atoms with Crippen molar-refractivity contribution in [2.75, 3.05) is 13.1 Å². The zero-order valence-electron chi connectivity index (χ0n) is 15.4. The van der Waals surface area contributed by atoms with Crippen LogP contribution in [0.25, 0.3) is 10.8 Å². The Hall–Kier alpha value is -2.68. The van der Waals surface area contributed by atoms with Gasteiger partial charge in [-0.25, -0.2) is 4.39 Å². The SMILES string of the molecule is O=C(Cc1cccc2ccccc12)N1CCCCC(c2ccc(F)cc2)C1. The van der Waals surface area contributed by atoms with E-state index in [9.17, 15) is 9.18 Å². The molecule has 2 nitrogen and oxygen atoms in total. The van der Waals surface area contributed by atoms with Crippen molar-refractivity contribution in [1.29, 1.82) is 0 Å². The number of carbonyl (C=O) groups excluding carboxylic acids is 1. The van der Waals surface area contributed by atoms with Gasteiger partial charge in [-0.3, -0.25) is 4.79 Å². The van der Waals surface area contributed by atoms with E-state index in [0.717, 1.165) is 48.9 Å². The minimum Gasteiger partial charge on any atom is -0.342 e. The van der Waals surface area contributed by atoms with E-state index in [1.165, 1.54) is 17.5 Å². The Morgan fingerprint density at radius 2 is 1.74 bits per heavy atom. The minimum absolute atomic E-state index is 0.181. The molecule has 3 aromatic rings. The Morgan fingerprint density at radius 3 is 2.59 bits per heavy atom. The molecular formula is C24H24FNO. The van der Waals surface area contributed by atoms with Gasteiger partial charge in [0.15, 0.2) is 0 Å². The van der Waals surface area contributed by atoms with Gasteiger partial charge in [0.1, 0.15) is 5.82 Å². The fourth-order valence-corrected chi connectivity index (χ4v) is 4.10. The maximum Gasteiger partial charge on any atom is 0.227 e. The van der Waals surface area contributed by atoms with Crippen molar-refractivity contribution in [2.24, 2.45) is 0 Å². The number of carbonyl (C=O) groups is 1. The Bertz CT molecular complexity index is 929. The van der Waals surface area contributed by atoms with Gasteiger partial charge in [0.05, 0.1) is 6.42 Å². The van der Waals surface area contributed by atoms with Gasteiger partial charge in [0, 0.05) is 19.0 Å². The van der Waals surface area contributed by atoms with E-state index in [-0.39, 0.29) is 17.6 Å². The third-order valence-electron chi connectivity index (χ3n) is 5.59. The molecule has 138 valence electrons. The van der Waals surface area contributed by atoms with Crippen LogP contribution < -0.4 is 0 Å². The maximum absolute atomic E-state index is 13.2. The van der Waals surface area contributed by atoms with Crippen molar-refractivity contribution in [3.8, 4) is 0 Å². The highest BCUT2D eigenvalue weighted by Crippen LogP contribution is 2.27. The van der Waals surface area contributed by atoms with Gasteiger partial charge in [-0.05, 0) is 46.9 Å². The van der Waals surface area contributed by atoms with Crippen LogP contribution in [0.2, 0.25) is 0 Å². The van der Waals surface area contributed by atoms with Gasteiger partial charge in [0.2, 0.25) is 5.91 Å². The van der Waals surface area contributed by atoms with E-state index in [1.807, 2.05) is 35.2 Å². The topological polar surface area (TPSA) is 20.3 Å². The molecular weight excluding hydrogens is 337 g/mol. The molecule has 3 aromatic carbocycles. The van der Waals surface area contributed by atoms with Crippen LogP contribution in [0.4, 0.5) is 4.39 Å². The van der Waals surface area contributed by atoms with E-state index < -0.39 is 0 Å². The van der Waals surface area contributed by atoms with Gasteiger partial charge in [-0.1, -0.05) is 61.0 Å². The summed E-state index contributed by atoms with van der Waals surface area (Å²) >= 11 is 0. The quantitative estimate of drug-likeness (QED) is 0.618. The van der Waals surface area contributed by atoms with Gasteiger partial charge >= 0.3 is 0 Å². The largest absolute Gasteiger partial charge is 0.342 e. The van der Waals surface area contributed by atoms with Crippen LogP contribution in [0.1, 0.15) is 36.3 Å². The molecule has 27 heavy (non-hydrogen) atoms. The number of hydrogen-bond donors (Lipinski definition) is 0. The number of fused-ring (bicyclic) bond motifs is 1. The normalized spacial score (nSPS) is 17.7. The summed E-state index contributed by atoms with van der Waals surface area (Å²) in [5, 5.41) is 2.32. The van der Waals surface area contributed by atoms with E-state index in [2.05, 4.69) is 24.3 Å². The van der Waals surface area contributed by atoms with Crippen LogP contribution in [-0.2, 0) is 11.2 Å². The van der Waals surface area contributed by atoms with Crippen LogP contribution in [-0.4, -0.2) is 23.9 Å². The van der Waals surface area contributed by atoms with Crippen LogP contribution in [0.15, 0.2) is 66.7 Å². The first kappa shape index (κ1) is 17.7. The van der Waals surface area contributed by atoms with E-state index in [4.69, 9.17) is 0 Å². The fraction of sp³-hybridized carbons (Fsp3) is 0.292. The first-order valence-electron chi connectivity index (χ1n) is 9.70. The summed E-state index contributed by atoms with van der Waals surface area (Å²) in [5.74, 6) is 0.251. The molecule has 0 aliphatic carbocycles. The lowest BCUT2D eigenvalue weighted by atomic mass is 9.94. The Morgan fingerprint density at radius 1 is 0.963 bits per heavy atom. The molecule has 1 saturated heterocycles. The lowest BCUT2D eigenvalue weighted by Crippen LogP contribution is -2.35. The smallest absolute Gasteiger partial charge is 0.227 e. The van der Waals surface area contributed by atoms with Crippen molar-refractivity contribution in [2.45, 2.75) is 31.6 Å². The number of nitrogens with zero attached hydrogens (tertiary/aromatic N) is 1. The summed E-state index contributed by atoms with van der Waals surface area (Å²) in [6.07, 6.45) is 3.60. The third kappa shape index (κ3) is 4.02. The average molecular weight is 361 g/mol. The van der Waals surface area contributed by atoms with Crippen molar-refractivity contribution >= 4 is 16.7 Å². The van der Waals surface area contributed by atoms with E-state index in [0.29, 0.717) is 6.42 Å². The molecule has 3 heteroatoms. The second-order valence-corrected chi connectivity index (χ2v) is 7.40. The lowest BCUT2D eigenvalue weighted by Gasteiger charge is -2.25. The highest BCUT2D eigenvalue weighted by Gasteiger charge is 2.23. The summed E-state index contributed by atoms with van der Waals surface area (Å²) in [7, 11) is 0. The van der Waals surface area contributed by atoms with Crippen LogP contribution in [0.5, 0.6) is 0 Å². The Labute approximate surface area is 159 Å². The monoisotopic (exact) mass is 361 g/mol. The molecule has 1 atom stereocenters. The average Bonchev–Trinajstić information content (AvgIpc) is 2.95. The van der Waals surface area contributed by atoms with Gasteiger partial charge in [-0.2, -0.15) is 0 Å². The molecule has 0 radical (unpaired) electrons. The summed E-state index contributed by atoms with van der Waals surface area (Å²) in [6.45, 7) is 1.52. The second-order valence-electron chi connectivity index (χ2n) is 7.40. The summed E-state index contributed by atoms with van der Waals surface area (Å²) < 4.78 is 13.2. The van der Waals surface area contributed by atoms with Gasteiger partial charge in [0.25, 0.3) is 0 Å². The highest BCUT2D eigenvalue weighted by atomic mass is 19.1. The molecule has 0 aromatic heterocycles. The zero-order valence-corrected chi connectivity index (χ0v) is 15.4. The molecule has 0 saturated carbocycles. The number of amides is 1. The molecule has 0 spiro atoms. The number of rotatable bonds is 3. The molecule has 0 bridgehead atoms. The Balaban J connectivity index is 1.52. The number of halogens is 1. The molecule has 1 fully saturated rings. The van der Waals surface area contributed by atoms with Crippen molar-refractivity contribution < 1.29 is 9.18 Å². The molecule has 1 heterocycles. The molecule has 1 unspecified atom stereocenters. The fourth-order valence-electron chi connectivity index (χ4n) is 4.10. The predicted octanol–water partition coefficient (Wildman–Crippen LogP) is 5.32. The van der Waals surface area contributed by atoms with Crippen molar-refractivity contribution in [3.63, 3.8) is 0 Å². The number of likely N-dealkylation sites (tertiary alicyclic amines) is 1. The second kappa shape index (κ2) is 7.91. The van der Waals surface area contributed by atoms with Crippen LogP contribution >= 0.6 is 0 Å². The van der Waals surface area contributed by atoms with E-state index >= 15 is 0 Å². The zero-order chi connectivity index (χ0) is 18.6. The third-order valence-corrected chi connectivity index (χ3v) is 5.59. The first-order valence-corrected chi connectivity index (χ1v) is 9.70. The number of benzene rings is 3. The minimum atomic E-state index is -0.212. The molecule has 1 aliphatic rings. The predicted molar refractivity (Wildman–Crippen MR) is 107 cm³/mol. The van der Waals surface area contributed by atoms with E-state index in [1.54, 1.807) is 0 Å². The van der Waals surface area contributed by atoms with Crippen molar-refractivity contribution in [1.82, 2.24) is 4.90 Å². The van der Waals surface area contributed by atoms with Crippen molar-refractivity contribution in [3.05, 3.63) is 83.7 Å². The standard InChI is InChI=1S/C24H24FNO/c25-22-13-11-18(12-14-22)21-7-3-4-15-26(17-21)24(27)16-20-9-5-8-19-6-1-2-10-23(19)20/h1-2,5-6,8-14,21H,3-4,7,15-17H2. The highest BCUT2D eigenvalue weighted by molar-refractivity contribution is 5.90. The maximum atomic E-state index is 13.2. The lowest BCUT2D eigenvalue weighted by molar-refractivity contribution is -0.130. The Kier molecular flexibility index (Phi) is 5.19. The molecule has 1 aliphatic heterocycles. The van der Waals surface area contributed by atoms with Crippen LogP contribution in [0, 0.1) is 5.82 Å². The van der Waals surface area contributed by atoms with Crippen LogP contribution in [0.3, 0.4) is 0 Å². The van der Waals surface area contributed by atoms with Gasteiger partial charge in [-0.15, -0.1) is 0 Å². The first-order chi connectivity index (χ1) is 13.2. The van der Waals surface area contributed by atoms with Gasteiger partial charge < -0.3 is 4.90 Å². The summed E-state index contributed by atoms with van der Waals surface area (Å²) in [4.78, 5) is 15.1.